The predicted octanol–water partition coefficient (Wildman–Crippen LogP) is 3.41. The summed E-state index contributed by atoms with van der Waals surface area (Å²) < 4.78 is 5.20. The first-order valence-electron chi connectivity index (χ1n) is 11.7. The number of carbonyl (C=O) groups excluding carboxylic acids is 2. The Labute approximate surface area is 199 Å². The SMILES string of the molecule is CCOC(=O)[C@H](CCc1ccccc1)N[C@@H](C)C(=O)N1N=C(C2CCCCC2)S[C@H]1C(=O)O. The fourth-order valence-corrected chi connectivity index (χ4v) is 5.38. The van der Waals surface area contributed by atoms with Crippen molar-refractivity contribution in [2.24, 2.45) is 11.0 Å². The number of amides is 1. The topological polar surface area (TPSA) is 108 Å². The Morgan fingerprint density at radius 2 is 1.91 bits per heavy atom. The lowest BCUT2D eigenvalue weighted by molar-refractivity contribution is -0.149. The summed E-state index contributed by atoms with van der Waals surface area (Å²) >= 11 is 1.16. The summed E-state index contributed by atoms with van der Waals surface area (Å²) in [6.45, 7) is 3.61. The molecule has 3 rings (SSSR count). The molecule has 3 atom stereocenters. The maximum atomic E-state index is 13.2. The summed E-state index contributed by atoms with van der Waals surface area (Å²) in [5.74, 6) is -1.77. The predicted molar refractivity (Wildman–Crippen MR) is 128 cm³/mol. The summed E-state index contributed by atoms with van der Waals surface area (Å²) in [6, 6.07) is 8.28. The van der Waals surface area contributed by atoms with E-state index in [0.717, 1.165) is 53.1 Å². The van der Waals surface area contributed by atoms with E-state index >= 15 is 0 Å². The number of nitrogens with one attached hydrogen (secondary N) is 1. The van der Waals surface area contributed by atoms with E-state index in [2.05, 4.69) is 10.4 Å². The van der Waals surface area contributed by atoms with Gasteiger partial charge >= 0.3 is 11.9 Å². The second-order valence-corrected chi connectivity index (χ2v) is 9.58. The molecule has 2 N–H and O–H groups in total. The van der Waals surface area contributed by atoms with Crippen LogP contribution in [0, 0.1) is 5.92 Å². The van der Waals surface area contributed by atoms with E-state index in [-0.39, 0.29) is 12.5 Å². The van der Waals surface area contributed by atoms with Crippen LogP contribution in [-0.4, -0.2) is 57.1 Å². The van der Waals surface area contributed by atoms with Gasteiger partial charge in [-0.25, -0.2) is 9.80 Å². The molecule has 1 aromatic carbocycles. The van der Waals surface area contributed by atoms with Gasteiger partial charge in [-0.05, 0) is 45.1 Å². The molecule has 0 radical (unpaired) electrons. The molecule has 0 bridgehead atoms. The highest BCUT2D eigenvalue weighted by Crippen LogP contribution is 2.36. The lowest BCUT2D eigenvalue weighted by atomic mass is 9.90. The summed E-state index contributed by atoms with van der Waals surface area (Å²) in [5.41, 5.74) is 1.08. The third kappa shape index (κ3) is 6.80. The van der Waals surface area contributed by atoms with E-state index in [1.807, 2.05) is 30.3 Å². The Balaban J connectivity index is 1.69. The number of carboxylic acid groups (broad SMARTS) is 1. The number of hydrogen-bond donors (Lipinski definition) is 2. The van der Waals surface area contributed by atoms with Crippen LogP contribution in [0.25, 0.3) is 0 Å². The second kappa shape index (κ2) is 12.2. The Bertz CT molecular complexity index is 857. The molecular weight excluding hydrogens is 442 g/mol. The van der Waals surface area contributed by atoms with E-state index in [0.29, 0.717) is 12.8 Å². The first-order chi connectivity index (χ1) is 15.9. The van der Waals surface area contributed by atoms with Gasteiger partial charge in [-0.15, -0.1) is 0 Å². The van der Waals surface area contributed by atoms with E-state index in [4.69, 9.17) is 4.74 Å². The van der Waals surface area contributed by atoms with Crippen molar-refractivity contribution in [2.45, 2.75) is 76.3 Å². The van der Waals surface area contributed by atoms with Gasteiger partial charge in [0.2, 0.25) is 5.37 Å². The number of nitrogens with zero attached hydrogens (tertiary/aromatic N) is 2. The number of carbonyl (C=O) groups is 3. The van der Waals surface area contributed by atoms with Gasteiger partial charge in [0.25, 0.3) is 5.91 Å². The van der Waals surface area contributed by atoms with E-state index in [1.54, 1.807) is 13.8 Å². The zero-order valence-electron chi connectivity index (χ0n) is 19.2. The number of benzene rings is 1. The van der Waals surface area contributed by atoms with Crippen LogP contribution in [0.15, 0.2) is 35.4 Å². The van der Waals surface area contributed by atoms with Crippen molar-refractivity contribution in [2.75, 3.05) is 6.61 Å². The quantitative estimate of drug-likeness (QED) is 0.499. The van der Waals surface area contributed by atoms with Gasteiger partial charge in [0.15, 0.2) is 0 Å². The highest BCUT2D eigenvalue weighted by atomic mass is 32.2. The maximum absolute atomic E-state index is 13.2. The summed E-state index contributed by atoms with van der Waals surface area (Å²) in [5, 5.41) is 17.9. The van der Waals surface area contributed by atoms with Crippen molar-refractivity contribution >= 4 is 34.7 Å². The molecule has 1 heterocycles. The monoisotopic (exact) mass is 475 g/mol. The van der Waals surface area contributed by atoms with Crippen molar-refractivity contribution < 1.29 is 24.2 Å². The van der Waals surface area contributed by atoms with Gasteiger partial charge in [-0.1, -0.05) is 61.4 Å². The third-order valence-electron chi connectivity index (χ3n) is 6.01. The molecular formula is C24H33N3O5S. The molecule has 0 spiro atoms. The van der Waals surface area contributed by atoms with E-state index < -0.39 is 35.3 Å². The number of aliphatic carboxylic acids is 1. The minimum atomic E-state index is -1.10. The number of esters is 1. The highest BCUT2D eigenvalue weighted by Gasteiger charge is 2.41. The van der Waals surface area contributed by atoms with E-state index in [9.17, 15) is 19.5 Å². The summed E-state index contributed by atoms with van der Waals surface area (Å²) in [6.07, 6.45) is 6.40. The van der Waals surface area contributed by atoms with Gasteiger partial charge in [0.1, 0.15) is 6.04 Å². The van der Waals surface area contributed by atoms with Crippen LogP contribution in [-0.2, 0) is 25.5 Å². The minimum Gasteiger partial charge on any atom is -0.479 e. The Kier molecular flexibility index (Phi) is 9.31. The second-order valence-electron chi connectivity index (χ2n) is 8.48. The lowest BCUT2D eigenvalue weighted by Crippen LogP contribution is -2.52. The fourth-order valence-electron chi connectivity index (χ4n) is 4.23. The van der Waals surface area contributed by atoms with Crippen molar-refractivity contribution in [3.8, 4) is 0 Å². The zero-order chi connectivity index (χ0) is 23.8. The molecule has 0 aromatic heterocycles. The molecule has 1 aliphatic carbocycles. The molecule has 1 saturated carbocycles. The molecule has 1 amide bonds. The molecule has 1 aromatic rings. The molecule has 180 valence electrons. The van der Waals surface area contributed by atoms with Gasteiger partial charge in [0, 0.05) is 5.92 Å². The standard InChI is InChI=1S/C24H33N3O5S/c1-3-32-24(31)19(15-14-17-10-6-4-7-11-17)25-16(2)21(28)27-22(23(29)30)33-20(26-27)18-12-8-5-9-13-18/h4,6-7,10-11,16,18-19,22,25H,3,5,8-9,12-15H2,1-2H3,(H,29,30)/t16-,19-,22-/m0/s1. The van der Waals surface area contributed by atoms with Crippen molar-refractivity contribution in [3.05, 3.63) is 35.9 Å². The molecule has 2 aliphatic rings. The van der Waals surface area contributed by atoms with Crippen LogP contribution in [0.1, 0.15) is 57.9 Å². The molecule has 8 nitrogen and oxygen atoms in total. The molecule has 0 unspecified atom stereocenters. The minimum absolute atomic E-state index is 0.213. The number of rotatable bonds is 10. The lowest BCUT2D eigenvalue weighted by Gasteiger charge is -2.25. The normalized spacial score (nSPS) is 20.7. The number of aryl methyl sites for hydroxylation is 1. The van der Waals surface area contributed by atoms with Crippen LogP contribution < -0.4 is 5.32 Å². The number of thioether (sulfide) groups is 1. The molecule has 9 heteroatoms. The Morgan fingerprint density at radius 1 is 1.21 bits per heavy atom. The van der Waals surface area contributed by atoms with Crippen molar-refractivity contribution in [3.63, 3.8) is 0 Å². The number of hydrogen-bond acceptors (Lipinski definition) is 7. The van der Waals surface area contributed by atoms with Gasteiger partial charge < -0.3 is 9.84 Å². The van der Waals surface area contributed by atoms with Crippen LogP contribution >= 0.6 is 11.8 Å². The van der Waals surface area contributed by atoms with Crippen LogP contribution in [0.5, 0.6) is 0 Å². The van der Waals surface area contributed by atoms with Gasteiger partial charge in [0.05, 0.1) is 17.7 Å². The maximum Gasteiger partial charge on any atom is 0.339 e. The number of ether oxygens (including phenoxy) is 1. The van der Waals surface area contributed by atoms with Crippen LogP contribution in [0.2, 0.25) is 0 Å². The average molecular weight is 476 g/mol. The zero-order valence-corrected chi connectivity index (χ0v) is 20.1. The fraction of sp³-hybridized carbons (Fsp3) is 0.583. The largest absolute Gasteiger partial charge is 0.479 e. The summed E-state index contributed by atoms with van der Waals surface area (Å²) in [4.78, 5) is 37.6. The Hall–Kier alpha value is -2.39. The van der Waals surface area contributed by atoms with Gasteiger partial charge in [-0.2, -0.15) is 5.10 Å². The molecule has 0 saturated heterocycles. The Morgan fingerprint density at radius 3 is 2.55 bits per heavy atom. The third-order valence-corrected chi connectivity index (χ3v) is 7.29. The average Bonchev–Trinajstić information content (AvgIpc) is 3.28. The highest BCUT2D eigenvalue weighted by molar-refractivity contribution is 8.15. The smallest absolute Gasteiger partial charge is 0.339 e. The number of hydrazone groups is 1. The molecule has 1 aliphatic heterocycles. The molecule has 1 fully saturated rings. The van der Waals surface area contributed by atoms with Crippen molar-refractivity contribution in [1.29, 1.82) is 0 Å². The summed E-state index contributed by atoms with van der Waals surface area (Å²) in [7, 11) is 0. The first kappa shape index (κ1) is 25.2. The van der Waals surface area contributed by atoms with Crippen LogP contribution in [0.3, 0.4) is 0 Å². The van der Waals surface area contributed by atoms with Gasteiger partial charge in [-0.3, -0.25) is 14.9 Å². The number of carboxylic acids is 1. The van der Waals surface area contributed by atoms with Crippen molar-refractivity contribution in [1.82, 2.24) is 10.3 Å². The first-order valence-corrected chi connectivity index (χ1v) is 12.6. The van der Waals surface area contributed by atoms with Crippen LogP contribution in [0.4, 0.5) is 0 Å². The van der Waals surface area contributed by atoms with E-state index in [1.165, 1.54) is 6.42 Å². The molecule has 33 heavy (non-hydrogen) atoms.